The lowest BCUT2D eigenvalue weighted by molar-refractivity contribution is 0.413. The molecule has 0 aliphatic heterocycles. The summed E-state index contributed by atoms with van der Waals surface area (Å²) in [6, 6.07) is 14.5. The summed E-state index contributed by atoms with van der Waals surface area (Å²) in [5.74, 6) is 7.65. The average molecular weight is 297 g/mol. The molecule has 2 aromatic carbocycles. The Kier molecular flexibility index (Phi) is 5.74. The third-order valence-corrected chi connectivity index (χ3v) is 4.32. The monoisotopic (exact) mass is 297 g/mol. The van der Waals surface area contributed by atoms with E-state index in [0.717, 1.165) is 17.1 Å². The molecule has 0 aliphatic rings. The third-order valence-electron chi connectivity index (χ3n) is 3.08. The number of methoxy groups -OCH3 is 1. The topological polar surface area (TPSA) is 35.2 Å². The van der Waals surface area contributed by atoms with Crippen molar-refractivity contribution in [2.24, 2.45) is 5.73 Å². The molecule has 21 heavy (non-hydrogen) atoms. The maximum Gasteiger partial charge on any atom is 0.134 e. The number of nitrogens with two attached hydrogens (primary N) is 1. The van der Waals surface area contributed by atoms with Crippen LogP contribution in [0.4, 0.5) is 0 Å². The second-order valence-electron chi connectivity index (χ2n) is 4.59. The maximum atomic E-state index is 5.44. The molecule has 108 valence electrons. The third kappa shape index (κ3) is 4.29. The van der Waals surface area contributed by atoms with E-state index in [4.69, 9.17) is 10.5 Å². The lowest BCUT2D eigenvalue weighted by atomic mass is 10.1. The molecule has 0 saturated heterocycles. The van der Waals surface area contributed by atoms with Crippen LogP contribution in [-0.2, 0) is 5.75 Å². The van der Waals surface area contributed by atoms with Crippen molar-refractivity contribution in [2.45, 2.75) is 17.6 Å². The molecular weight excluding hydrogens is 278 g/mol. The van der Waals surface area contributed by atoms with Gasteiger partial charge in [0.05, 0.1) is 19.2 Å². The fourth-order valence-corrected chi connectivity index (χ4v) is 2.94. The van der Waals surface area contributed by atoms with E-state index in [1.807, 2.05) is 17.8 Å². The molecule has 0 atom stereocenters. The van der Waals surface area contributed by atoms with Crippen molar-refractivity contribution >= 4 is 11.8 Å². The first-order valence-corrected chi connectivity index (χ1v) is 7.77. The van der Waals surface area contributed by atoms with Gasteiger partial charge < -0.3 is 10.5 Å². The van der Waals surface area contributed by atoms with E-state index in [0.29, 0.717) is 6.54 Å². The van der Waals surface area contributed by atoms with Gasteiger partial charge in [-0.25, -0.2) is 0 Å². The predicted molar refractivity (Wildman–Crippen MR) is 89.7 cm³/mol. The number of hydrogen-bond donors (Lipinski definition) is 1. The zero-order chi connectivity index (χ0) is 15.1. The van der Waals surface area contributed by atoms with E-state index in [9.17, 15) is 0 Å². The molecule has 2 rings (SSSR count). The van der Waals surface area contributed by atoms with Crippen LogP contribution in [0.3, 0.4) is 0 Å². The first-order valence-electron chi connectivity index (χ1n) is 6.79. The van der Waals surface area contributed by atoms with Crippen molar-refractivity contribution < 1.29 is 4.74 Å². The van der Waals surface area contributed by atoms with E-state index in [-0.39, 0.29) is 0 Å². The van der Waals surface area contributed by atoms with Crippen LogP contribution in [0.5, 0.6) is 5.75 Å². The van der Waals surface area contributed by atoms with Gasteiger partial charge >= 0.3 is 0 Å². The highest BCUT2D eigenvalue weighted by atomic mass is 32.2. The van der Waals surface area contributed by atoms with Crippen LogP contribution in [0.25, 0.3) is 0 Å². The van der Waals surface area contributed by atoms with Crippen molar-refractivity contribution in [3.05, 3.63) is 59.2 Å². The fraction of sp³-hybridized carbons (Fsp3) is 0.222. The molecule has 0 unspecified atom stereocenters. The Morgan fingerprint density at radius 3 is 2.71 bits per heavy atom. The lowest BCUT2D eigenvalue weighted by Gasteiger charge is -2.08. The maximum absolute atomic E-state index is 5.44. The van der Waals surface area contributed by atoms with Gasteiger partial charge in [-0.3, -0.25) is 0 Å². The van der Waals surface area contributed by atoms with Gasteiger partial charge in [0, 0.05) is 10.6 Å². The first-order chi connectivity index (χ1) is 10.2. The summed E-state index contributed by atoms with van der Waals surface area (Å²) in [6.07, 6.45) is 0. The summed E-state index contributed by atoms with van der Waals surface area (Å²) in [5.41, 5.74) is 8.86. The van der Waals surface area contributed by atoms with Gasteiger partial charge in [-0.2, -0.15) is 0 Å². The molecular formula is C18H19NOS. The van der Waals surface area contributed by atoms with Crippen LogP contribution in [0.2, 0.25) is 0 Å². The molecule has 0 heterocycles. The Bertz CT molecular complexity index is 670. The molecule has 0 aliphatic carbocycles. The van der Waals surface area contributed by atoms with Crippen molar-refractivity contribution in [2.75, 3.05) is 13.7 Å². The zero-order valence-corrected chi connectivity index (χ0v) is 13.2. The van der Waals surface area contributed by atoms with Crippen LogP contribution >= 0.6 is 11.8 Å². The molecule has 0 saturated carbocycles. The van der Waals surface area contributed by atoms with E-state index in [2.05, 4.69) is 55.2 Å². The van der Waals surface area contributed by atoms with E-state index >= 15 is 0 Å². The highest BCUT2D eigenvalue weighted by Crippen LogP contribution is 2.27. The second-order valence-corrected chi connectivity index (χ2v) is 5.61. The van der Waals surface area contributed by atoms with Crippen molar-refractivity contribution in [3.63, 3.8) is 0 Å². The summed E-state index contributed by atoms with van der Waals surface area (Å²) in [6.45, 7) is 2.49. The second kappa shape index (κ2) is 7.78. The fourth-order valence-electron chi connectivity index (χ4n) is 1.97. The molecule has 0 bridgehead atoms. The van der Waals surface area contributed by atoms with Crippen molar-refractivity contribution in [3.8, 4) is 17.6 Å². The summed E-state index contributed by atoms with van der Waals surface area (Å²) in [7, 11) is 1.66. The van der Waals surface area contributed by atoms with Crippen LogP contribution < -0.4 is 10.5 Å². The number of benzene rings is 2. The average Bonchev–Trinajstić information content (AvgIpc) is 2.52. The summed E-state index contributed by atoms with van der Waals surface area (Å²) < 4.78 is 5.33. The van der Waals surface area contributed by atoms with Gasteiger partial charge in [0.15, 0.2) is 0 Å². The smallest absolute Gasteiger partial charge is 0.134 e. The Morgan fingerprint density at radius 1 is 1.19 bits per heavy atom. The highest BCUT2D eigenvalue weighted by molar-refractivity contribution is 7.98. The Labute approximate surface area is 130 Å². The van der Waals surface area contributed by atoms with Gasteiger partial charge in [-0.1, -0.05) is 36.1 Å². The van der Waals surface area contributed by atoms with Crippen LogP contribution in [0.1, 0.15) is 16.7 Å². The standard InChI is InChI=1S/C18H19NOS/c1-14-6-3-4-8-18(14)21-13-15-9-10-17(20-2)16(12-15)7-5-11-19/h3-4,6,8-10,12H,11,13,19H2,1-2H3. The van der Waals surface area contributed by atoms with Crippen LogP contribution in [0.15, 0.2) is 47.4 Å². The number of ether oxygens (including phenoxy) is 1. The number of aryl methyl sites for hydroxylation is 1. The van der Waals surface area contributed by atoms with E-state index in [1.165, 1.54) is 16.0 Å². The zero-order valence-electron chi connectivity index (χ0n) is 12.3. The van der Waals surface area contributed by atoms with Gasteiger partial charge in [-0.15, -0.1) is 11.8 Å². The molecule has 0 radical (unpaired) electrons. The first kappa shape index (κ1) is 15.5. The van der Waals surface area contributed by atoms with Crippen LogP contribution in [-0.4, -0.2) is 13.7 Å². The minimum atomic E-state index is 0.353. The molecule has 0 fully saturated rings. The Hall–Kier alpha value is -1.89. The van der Waals surface area contributed by atoms with Gasteiger partial charge in [0.2, 0.25) is 0 Å². The molecule has 0 aromatic heterocycles. The lowest BCUT2D eigenvalue weighted by Crippen LogP contribution is -1.94. The molecule has 2 N–H and O–H groups in total. The normalized spacial score (nSPS) is 9.86. The number of thioether (sulfide) groups is 1. The summed E-state index contributed by atoms with van der Waals surface area (Å²) >= 11 is 1.83. The minimum Gasteiger partial charge on any atom is -0.495 e. The molecule has 3 heteroatoms. The molecule has 2 aromatic rings. The quantitative estimate of drug-likeness (QED) is 0.691. The van der Waals surface area contributed by atoms with Crippen molar-refractivity contribution in [1.82, 2.24) is 0 Å². The summed E-state index contributed by atoms with van der Waals surface area (Å²) in [5, 5.41) is 0. The predicted octanol–water partition coefficient (Wildman–Crippen LogP) is 3.61. The van der Waals surface area contributed by atoms with E-state index in [1.54, 1.807) is 7.11 Å². The molecule has 0 amide bonds. The van der Waals surface area contributed by atoms with E-state index < -0.39 is 0 Å². The minimum absolute atomic E-state index is 0.353. The Balaban J connectivity index is 2.15. The van der Waals surface area contributed by atoms with Gasteiger partial charge in [-0.05, 0) is 36.2 Å². The molecule has 0 spiro atoms. The van der Waals surface area contributed by atoms with Crippen LogP contribution in [0, 0.1) is 18.8 Å². The number of rotatable bonds is 4. The van der Waals surface area contributed by atoms with Gasteiger partial charge in [0.25, 0.3) is 0 Å². The SMILES string of the molecule is COc1ccc(CSc2ccccc2C)cc1C#CCN. The largest absolute Gasteiger partial charge is 0.495 e. The number of hydrogen-bond acceptors (Lipinski definition) is 3. The van der Waals surface area contributed by atoms with Crippen molar-refractivity contribution in [1.29, 1.82) is 0 Å². The highest BCUT2D eigenvalue weighted by Gasteiger charge is 2.04. The molecule has 2 nitrogen and oxygen atoms in total. The van der Waals surface area contributed by atoms with Gasteiger partial charge in [0.1, 0.15) is 5.75 Å². The Morgan fingerprint density at radius 2 is 2.00 bits per heavy atom. The summed E-state index contributed by atoms with van der Waals surface area (Å²) in [4.78, 5) is 1.31.